The lowest BCUT2D eigenvalue weighted by molar-refractivity contribution is -0.124. The number of carbonyl (C=O) groups is 1. The molecule has 13 heavy (non-hydrogen) atoms. The molecule has 1 aliphatic rings. The van der Waals surface area contributed by atoms with E-state index >= 15 is 0 Å². The van der Waals surface area contributed by atoms with Gasteiger partial charge in [-0.05, 0) is 32.6 Å². The molecule has 3 nitrogen and oxygen atoms in total. The second-order valence-corrected chi connectivity index (χ2v) is 6.11. The summed E-state index contributed by atoms with van der Waals surface area (Å²) in [5.74, 6) is 0.0867. The standard InChI is InChI=1S/C9H16INO2/c1-8(13)3-5-9(10,6-4-8)7(12)11-2/h13H,3-6H2,1-2H3,(H,11,12). The Morgan fingerprint density at radius 1 is 1.38 bits per heavy atom. The number of halogens is 1. The number of hydrogen-bond donors (Lipinski definition) is 2. The van der Waals surface area contributed by atoms with E-state index in [4.69, 9.17) is 0 Å². The average molecular weight is 297 g/mol. The van der Waals surface area contributed by atoms with Crippen LogP contribution in [-0.4, -0.2) is 27.1 Å². The molecule has 1 rings (SSSR count). The lowest BCUT2D eigenvalue weighted by Gasteiger charge is -2.37. The minimum absolute atomic E-state index is 0.0867. The Bertz CT molecular complexity index is 206. The van der Waals surface area contributed by atoms with Gasteiger partial charge >= 0.3 is 0 Å². The third-order valence-electron chi connectivity index (χ3n) is 2.75. The SMILES string of the molecule is CNC(=O)C1(I)CCC(C)(O)CC1. The molecule has 1 aliphatic carbocycles. The molecule has 1 fully saturated rings. The monoisotopic (exact) mass is 297 g/mol. The first kappa shape index (κ1) is 11.2. The van der Waals surface area contributed by atoms with Crippen LogP contribution in [0.25, 0.3) is 0 Å². The van der Waals surface area contributed by atoms with Crippen LogP contribution >= 0.6 is 22.6 Å². The lowest BCUT2D eigenvalue weighted by atomic mass is 9.79. The molecule has 1 amide bonds. The van der Waals surface area contributed by atoms with Gasteiger partial charge < -0.3 is 10.4 Å². The summed E-state index contributed by atoms with van der Waals surface area (Å²) >= 11 is 2.21. The largest absolute Gasteiger partial charge is 0.390 e. The van der Waals surface area contributed by atoms with Gasteiger partial charge in [-0.15, -0.1) is 0 Å². The van der Waals surface area contributed by atoms with Crippen molar-refractivity contribution in [3.8, 4) is 0 Å². The molecule has 0 aromatic carbocycles. The highest BCUT2D eigenvalue weighted by Gasteiger charge is 2.42. The normalized spacial score (nSPS) is 40.0. The lowest BCUT2D eigenvalue weighted by Crippen LogP contribution is -2.46. The zero-order valence-electron chi connectivity index (χ0n) is 8.06. The molecule has 0 bridgehead atoms. The van der Waals surface area contributed by atoms with Crippen molar-refractivity contribution in [1.82, 2.24) is 5.32 Å². The molecule has 0 aromatic rings. The molecule has 0 aliphatic heterocycles. The summed E-state index contributed by atoms with van der Waals surface area (Å²) < 4.78 is -0.297. The van der Waals surface area contributed by atoms with Crippen LogP contribution in [0, 0.1) is 0 Å². The van der Waals surface area contributed by atoms with E-state index in [1.807, 2.05) is 6.92 Å². The van der Waals surface area contributed by atoms with E-state index in [0.29, 0.717) is 12.8 Å². The molecule has 0 aromatic heterocycles. The maximum Gasteiger partial charge on any atom is 0.235 e. The van der Waals surface area contributed by atoms with E-state index in [1.165, 1.54) is 0 Å². The molecule has 0 spiro atoms. The maximum atomic E-state index is 11.5. The highest BCUT2D eigenvalue weighted by atomic mass is 127. The van der Waals surface area contributed by atoms with Crippen LogP contribution in [0.1, 0.15) is 32.6 Å². The summed E-state index contributed by atoms with van der Waals surface area (Å²) in [6.45, 7) is 1.84. The molecule has 0 unspecified atom stereocenters. The Labute approximate surface area is 92.4 Å². The van der Waals surface area contributed by atoms with Crippen LogP contribution in [0.4, 0.5) is 0 Å². The Morgan fingerprint density at radius 3 is 2.23 bits per heavy atom. The van der Waals surface area contributed by atoms with Crippen LogP contribution in [0.3, 0.4) is 0 Å². The van der Waals surface area contributed by atoms with Gasteiger partial charge in [0.15, 0.2) is 0 Å². The third-order valence-corrected chi connectivity index (χ3v) is 4.32. The van der Waals surface area contributed by atoms with Gasteiger partial charge in [-0.25, -0.2) is 0 Å². The Balaban J connectivity index is 2.61. The topological polar surface area (TPSA) is 49.3 Å². The number of aliphatic hydroxyl groups is 1. The van der Waals surface area contributed by atoms with Gasteiger partial charge in [0.1, 0.15) is 3.42 Å². The van der Waals surface area contributed by atoms with Gasteiger partial charge in [0.05, 0.1) is 5.60 Å². The van der Waals surface area contributed by atoms with Crippen LogP contribution in [-0.2, 0) is 4.79 Å². The predicted molar refractivity (Wildman–Crippen MR) is 59.9 cm³/mol. The van der Waals surface area contributed by atoms with Crippen LogP contribution < -0.4 is 5.32 Å². The summed E-state index contributed by atoms with van der Waals surface area (Å²) in [6.07, 6.45) is 2.95. The molecule has 4 heteroatoms. The van der Waals surface area contributed by atoms with Crippen LogP contribution in [0.15, 0.2) is 0 Å². The van der Waals surface area contributed by atoms with E-state index < -0.39 is 5.60 Å². The van der Waals surface area contributed by atoms with E-state index in [9.17, 15) is 9.90 Å². The fourth-order valence-corrected chi connectivity index (χ4v) is 2.44. The van der Waals surface area contributed by atoms with E-state index in [-0.39, 0.29) is 9.33 Å². The number of carbonyl (C=O) groups excluding carboxylic acids is 1. The highest BCUT2D eigenvalue weighted by Crippen LogP contribution is 2.40. The Kier molecular flexibility index (Phi) is 3.22. The van der Waals surface area contributed by atoms with Gasteiger partial charge in [-0.2, -0.15) is 0 Å². The second-order valence-electron chi connectivity index (χ2n) is 4.04. The zero-order chi connectivity index (χ0) is 10.1. The summed E-state index contributed by atoms with van der Waals surface area (Å²) in [6, 6.07) is 0. The van der Waals surface area contributed by atoms with Gasteiger partial charge in [-0.1, -0.05) is 22.6 Å². The highest BCUT2D eigenvalue weighted by molar-refractivity contribution is 14.1. The predicted octanol–water partition coefficient (Wildman–Crippen LogP) is 1.23. The van der Waals surface area contributed by atoms with Gasteiger partial charge in [-0.3, -0.25) is 4.79 Å². The molecule has 0 heterocycles. The minimum Gasteiger partial charge on any atom is -0.390 e. The number of rotatable bonds is 1. The van der Waals surface area contributed by atoms with Crippen molar-refractivity contribution in [2.75, 3.05) is 7.05 Å². The molecule has 1 saturated carbocycles. The smallest absolute Gasteiger partial charge is 0.235 e. The summed E-state index contributed by atoms with van der Waals surface area (Å²) in [7, 11) is 1.66. The zero-order valence-corrected chi connectivity index (χ0v) is 10.2. The molecule has 2 N–H and O–H groups in total. The fourth-order valence-electron chi connectivity index (χ4n) is 1.64. The maximum absolute atomic E-state index is 11.5. The quantitative estimate of drug-likeness (QED) is 0.565. The van der Waals surface area contributed by atoms with Gasteiger partial charge in [0.25, 0.3) is 0 Å². The van der Waals surface area contributed by atoms with Crippen LogP contribution in [0.5, 0.6) is 0 Å². The number of hydrogen-bond acceptors (Lipinski definition) is 2. The van der Waals surface area contributed by atoms with Crippen LogP contribution in [0.2, 0.25) is 0 Å². The number of alkyl halides is 1. The average Bonchev–Trinajstić information content (AvgIpc) is 2.09. The van der Waals surface area contributed by atoms with Gasteiger partial charge in [0.2, 0.25) is 5.91 Å². The van der Waals surface area contributed by atoms with Crippen molar-refractivity contribution >= 4 is 28.5 Å². The summed E-state index contributed by atoms with van der Waals surface area (Å²) in [5, 5.41) is 12.4. The first-order valence-corrected chi connectivity index (χ1v) is 5.61. The molecule has 0 atom stereocenters. The number of nitrogens with one attached hydrogen (secondary N) is 1. The Hall–Kier alpha value is 0.160. The van der Waals surface area contributed by atoms with Crippen molar-refractivity contribution in [2.45, 2.75) is 41.6 Å². The summed E-state index contributed by atoms with van der Waals surface area (Å²) in [5.41, 5.74) is -0.567. The molecular formula is C9H16INO2. The van der Waals surface area contributed by atoms with Crippen molar-refractivity contribution in [3.63, 3.8) is 0 Å². The molecule has 76 valence electrons. The van der Waals surface area contributed by atoms with E-state index in [1.54, 1.807) is 7.05 Å². The van der Waals surface area contributed by atoms with Crippen molar-refractivity contribution in [1.29, 1.82) is 0 Å². The molecule has 0 saturated heterocycles. The first-order valence-electron chi connectivity index (χ1n) is 4.53. The number of amides is 1. The van der Waals surface area contributed by atoms with Crippen molar-refractivity contribution in [3.05, 3.63) is 0 Å². The van der Waals surface area contributed by atoms with Gasteiger partial charge in [0, 0.05) is 7.05 Å². The van der Waals surface area contributed by atoms with Crippen molar-refractivity contribution in [2.24, 2.45) is 0 Å². The Morgan fingerprint density at radius 2 is 1.85 bits per heavy atom. The fraction of sp³-hybridized carbons (Fsp3) is 0.889. The third kappa shape index (κ3) is 2.56. The van der Waals surface area contributed by atoms with E-state index in [2.05, 4.69) is 27.9 Å². The van der Waals surface area contributed by atoms with E-state index in [0.717, 1.165) is 12.8 Å². The second kappa shape index (κ2) is 3.73. The molecule has 0 radical (unpaired) electrons. The van der Waals surface area contributed by atoms with Crippen molar-refractivity contribution < 1.29 is 9.90 Å². The minimum atomic E-state index is -0.567. The summed E-state index contributed by atoms with van der Waals surface area (Å²) in [4.78, 5) is 11.5. The first-order chi connectivity index (χ1) is 5.90. The molecular weight excluding hydrogens is 281 g/mol.